The zero-order valence-electron chi connectivity index (χ0n) is 7.22. The lowest BCUT2D eigenvalue weighted by molar-refractivity contribution is -0.245. The molecule has 0 aliphatic heterocycles. The third-order valence-corrected chi connectivity index (χ3v) is 2.72. The van der Waals surface area contributed by atoms with Gasteiger partial charge in [0.25, 0.3) is 0 Å². The van der Waals surface area contributed by atoms with Gasteiger partial charge < -0.3 is 0 Å². The second-order valence-corrected chi connectivity index (χ2v) is 3.64. The van der Waals surface area contributed by atoms with Gasteiger partial charge in [0, 0.05) is 0 Å². The van der Waals surface area contributed by atoms with E-state index in [0.717, 1.165) is 0 Å². The highest BCUT2D eigenvalue weighted by Crippen LogP contribution is 2.62. The monoisotopic (exact) mass is 224 g/mol. The van der Waals surface area contributed by atoms with Gasteiger partial charge in [0.2, 0.25) is 11.8 Å². The lowest BCUT2D eigenvalue weighted by Crippen LogP contribution is -2.52. The highest BCUT2D eigenvalue weighted by atomic mass is 19.3. The van der Waals surface area contributed by atoms with E-state index in [0.29, 0.717) is 0 Å². The van der Waals surface area contributed by atoms with Gasteiger partial charge in [0.15, 0.2) is 5.67 Å². The van der Waals surface area contributed by atoms with Gasteiger partial charge in [-0.25, -0.2) is 13.2 Å². The molecule has 3 unspecified atom stereocenters. The maximum atomic E-state index is 13.1. The van der Waals surface area contributed by atoms with Crippen LogP contribution >= 0.6 is 0 Å². The van der Waals surface area contributed by atoms with Crippen LogP contribution in [-0.4, -0.2) is 29.4 Å². The summed E-state index contributed by atoms with van der Waals surface area (Å²) < 4.78 is 89.0. The molecule has 1 saturated carbocycles. The molecule has 1 fully saturated rings. The standard InChI is InChI=1S/C7H7F7/c1-4(9)3(8)6(11,12)7(13,14)5(4,2)10/h3H,1-2H3. The maximum absolute atomic E-state index is 13.1. The van der Waals surface area contributed by atoms with Crippen molar-refractivity contribution in [2.45, 2.75) is 43.2 Å². The molecule has 14 heavy (non-hydrogen) atoms. The molecule has 1 aliphatic carbocycles. The first-order chi connectivity index (χ1) is 5.90. The maximum Gasteiger partial charge on any atom is 0.349 e. The van der Waals surface area contributed by atoms with Gasteiger partial charge in [0.1, 0.15) is 0 Å². The van der Waals surface area contributed by atoms with Gasteiger partial charge in [-0.15, -0.1) is 0 Å². The molecule has 0 aromatic heterocycles. The molecular weight excluding hydrogens is 217 g/mol. The van der Waals surface area contributed by atoms with E-state index >= 15 is 0 Å². The fourth-order valence-electron chi connectivity index (χ4n) is 1.36. The summed E-state index contributed by atoms with van der Waals surface area (Å²) in [5.74, 6) is -10.7. The Balaban J connectivity index is 3.38. The van der Waals surface area contributed by atoms with Gasteiger partial charge >= 0.3 is 11.8 Å². The molecule has 0 aromatic rings. The third kappa shape index (κ3) is 0.857. The fourth-order valence-corrected chi connectivity index (χ4v) is 1.36. The molecule has 0 radical (unpaired) electrons. The zero-order valence-corrected chi connectivity index (χ0v) is 7.22. The molecule has 0 aromatic carbocycles. The van der Waals surface area contributed by atoms with Crippen LogP contribution in [-0.2, 0) is 0 Å². The average molecular weight is 224 g/mol. The summed E-state index contributed by atoms with van der Waals surface area (Å²) >= 11 is 0. The number of halogens is 7. The molecule has 0 nitrogen and oxygen atoms in total. The Morgan fingerprint density at radius 2 is 1.21 bits per heavy atom. The van der Waals surface area contributed by atoms with Crippen molar-refractivity contribution in [3.8, 4) is 0 Å². The average Bonchev–Trinajstić information content (AvgIpc) is 2.05. The molecule has 0 saturated heterocycles. The summed E-state index contributed by atoms with van der Waals surface area (Å²) in [5.41, 5.74) is -8.15. The van der Waals surface area contributed by atoms with Crippen molar-refractivity contribution in [3.63, 3.8) is 0 Å². The van der Waals surface area contributed by atoms with Gasteiger partial charge in [-0.2, -0.15) is 17.6 Å². The summed E-state index contributed by atoms with van der Waals surface area (Å²) in [6.07, 6.45) is -3.86. The Kier molecular flexibility index (Phi) is 1.95. The van der Waals surface area contributed by atoms with Crippen LogP contribution in [0.5, 0.6) is 0 Å². The topological polar surface area (TPSA) is 0 Å². The second kappa shape index (κ2) is 2.36. The van der Waals surface area contributed by atoms with Gasteiger partial charge in [0.05, 0.1) is 0 Å². The molecular formula is C7H7F7. The molecule has 0 bridgehead atoms. The Bertz CT molecular complexity index is 229. The molecule has 3 atom stereocenters. The van der Waals surface area contributed by atoms with E-state index in [4.69, 9.17) is 0 Å². The van der Waals surface area contributed by atoms with Crippen molar-refractivity contribution in [2.24, 2.45) is 0 Å². The van der Waals surface area contributed by atoms with E-state index in [1.54, 1.807) is 0 Å². The summed E-state index contributed by atoms with van der Waals surface area (Å²) in [4.78, 5) is 0. The second-order valence-electron chi connectivity index (χ2n) is 3.64. The van der Waals surface area contributed by atoms with Crippen molar-refractivity contribution in [1.29, 1.82) is 0 Å². The quantitative estimate of drug-likeness (QED) is 0.554. The van der Waals surface area contributed by atoms with Gasteiger partial charge in [-0.05, 0) is 13.8 Å². The predicted molar refractivity (Wildman–Crippen MR) is 33.8 cm³/mol. The molecule has 84 valence electrons. The Labute approximate surface area is 75.1 Å². The number of rotatable bonds is 0. The van der Waals surface area contributed by atoms with Crippen LogP contribution in [0, 0.1) is 0 Å². The smallest absolute Gasteiger partial charge is 0.237 e. The number of hydrogen-bond donors (Lipinski definition) is 0. The van der Waals surface area contributed by atoms with Crippen LogP contribution in [0.1, 0.15) is 13.8 Å². The molecule has 0 spiro atoms. The molecule has 1 rings (SSSR count). The lowest BCUT2D eigenvalue weighted by Gasteiger charge is -2.29. The SMILES string of the molecule is CC1(F)C(F)C(F)(F)C(F)(F)C1(C)F. The Morgan fingerprint density at radius 3 is 1.29 bits per heavy atom. The number of alkyl halides is 7. The lowest BCUT2D eigenvalue weighted by atomic mass is 9.91. The third-order valence-electron chi connectivity index (χ3n) is 2.72. The van der Waals surface area contributed by atoms with Crippen molar-refractivity contribution in [3.05, 3.63) is 0 Å². The van der Waals surface area contributed by atoms with Crippen LogP contribution in [0.2, 0.25) is 0 Å². The minimum absolute atomic E-state index is 0.0620. The predicted octanol–water partition coefficient (Wildman–Crippen LogP) is 3.07. The molecule has 0 amide bonds. The van der Waals surface area contributed by atoms with Crippen molar-refractivity contribution >= 4 is 0 Å². The van der Waals surface area contributed by atoms with E-state index < -0.39 is 29.4 Å². The molecule has 0 N–H and O–H groups in total. The fraction of sp³-hybridized carbons (Fsp3) is 1.00. The van der Waals surface area contributed by atoms with E-state index in [-0.39, 0.29) is 13.8 Å². The largest absolute Gasteiger partial charge is 0.349 e. The zero-order chi connectivity index (χ0) is 11.6. The summed E-state index contributed by atoms with van der Waals surface area (Å²) in [7, 11) is 0. The normalized spacial score (nSPS) is 50.8. The first-order valence-corrected chi connectivity index (χ1v) is 3.68. The Morgan fingerprint density at radius 1 is 0.857 bits per heavy atom. The molecule has 1 aliphatic rings. The minimum Gasteiger partial charge on any atom is -0.237 e. The number of hydrogen-bond acceptors (Lipinski definition) is 0. The van der Waals surface area contributed by atoms with Crippen LogP contribution < -0.4 is 0 Å². The van der Waals surface area contributed by atoms with E-state index in [1.807, 2.05) is 0 Å². The van der Waals surface area contributed by atoms with Gasteiger partial charge in [-0.3, -0.25) is 0 Å². The highest BCUT2D eigenvalue weighted by Gasteiger charge is 2.87. The minimum atomic E-state index is -5.36. The van der Waals surface area contributed by atoms with Crippen LogP contribution in [0.4, 0.5) is 30.7 Å². The molecule has 0 heterocycles. The summed E-state index contributed by atoms with van der Waals surface area (Å²) in [6, 6.07) is 0. The summed E-state index contributed by atoms with van der Waals surface area (Å²) in [5, 5.41) is 0. The first kappa shape index (κ1) is 11.6. The van der Waals surface area contributed by atoms with E-state index in [1.165, 1.54) is 0 Å². The van der Waals surface area contributed by atoms with E-state index in [2.05, 4.69) is 0 Å². The van der Waals surface area contributed by atoms with E-state index in [9.17, 15) is 30.7 Å². The van der Waals surface area contributed by atoms with Gasteiger partial charge in [-0.1, -0.05) is 0 Å². The van der Waals surface area contributed by atoms with Crippen LogP contribution in [0.15, 0.2) is 0 Å². The van der Waals surface area contributed by atoms with Crippen molar-refractivity contribution in [2.75, 3.05) is 0 Å². The van der Waals surface area contributed by atoms with Crippen molar-refractivity contribution in [1.82, 2.24) is 0 Å². The molecule has 7 heteroatoms. The van der Waals surface area contributed by atoms with Crippen LogP contribution in [0.3, 0.4) is 0 Å². The first-order valence-electron chi connectivity index (χ1n) is 3.68. The summed E-state index contributed by atoms with van der Waals surface area (Å²) in [6.45, 7) is -0.00697. The van der Waals surface area contributed by atoms with Crippen LogP contribution in [0.25, 0.3) is 0 Å². The highest BCUT2D eigenvalue weighted by molar-refractivity contribution is 5.23. The van der Waals surface area contributed by atoms with Crippen molar-refractivity contribution < 1.29 is 30.7 Å². The Hall–Kier alpha value is -0.490.